The van der Waals surface area contributed by atoms with Gasteiger partial charge in [-0.1, -0.05) is 6.42 Å². The zero-order valence-corrected chi connectivity index (χ0v) is 9.75. The van der Waals surface area contributed by atoms with Crippen molar-refractivity contribution in [2.24, 2.45) is 5.73 Å². The first-order valence-corrected chi connectivity index (χ1v) is 5.69. The van der Waals surface area contributed by atoms with Gasteiger partial charge in [0.05, 0.1) is 6.20 Å². The third kappa shape index (κ3) is 4.44. The summed E-state index contributed by atoms with van der Waals surface area (Å²) in [5, 5.41) is 9.61. The zero-order valence-electron chi connectivity index (χ0n) is 9.75. The normalized spacial score (nSPS) is 10.4. The lowest BCUT2D eigenvalue weighted by atomic mass is 10.2. The maximum absolute atomic E-state index is 11.4. The molecular weight excluding hydrogens is 204 g/mol. The van der Waals surface area contributed by atoms with Gasteiger partial charge in [0.25, 0.3) is 0 Å². The number of nitrogens with zero attached hydrogens (tertiary/aromatic N) is 1. The quantitative estimate of drug-likeness (QED) is 0.600. The maximum atomic E-state index is 11.4. The second-order valence-electron chi connectivity index (χ2n) is 3.90. The van der Waals surface area contributed by atoms with Crippen molar-refractivity contribution in [3.8, 4) is 0 Å². The number of hydrogen-bond acceptors (Lipinski definition) is 3. The van der Waals surface area contributed by atoms with E-state index < -0.39 is 0 Å². The Morgan fingerprint density at radius 1 is 1.50 bits per heavy atom. The number of carbonyl (C=O) groups excluding carboxylic acids is 1. The fourth-order valence-corrected chi connectivity index (χ4v) is 1.44. The van der Waals surface area contributed by atoms with Crippen molar-refractivity contribution in [1.29, 1.82) is 0 Å². The van der Waals surface area contributed by atoms with E-state index in [4.69, 9.17) is 5.73 Å². The first-order chi connectivity index (χ1) is 7.74. The molecule has 0 unspecified atom stereocenters. The maximum Gasteiger partial charge on any atom is 0.220 e. The predicted octanol–water partition coefficient (Wildman–Crippen LogP) is 0.853. The van der Waals surface area contributed by atoms with Gasteiger partial charge in [0, 0.05) is 24.2 Å². The first-order valence-electron chi connectivity index (χ1n) is 5.69. The molecule has 0 saturated carbocycles. The molecule has 90 valence electrons. The van der Waals surface area contributed by atoms with E-state index in [0.29, 0.717) is 19.5 Å². The molecule has 0 atom stereocenters. The average molecular weight is 224 g/mol. The molecule has 0 saturated heterocycles. The van der Waals surface area contributed by atoms with Gasteiger partial charge in [0.15, 0.2) is 0 Å². The number of aromatic nitrogens is 2. The number of hydrogen-bond donors (Lipinski definition) is 3. The van der Waals surface area contributed by atoms with Crippen molar-refractivity contribution >= 4 is 5.91 Å². The lowest BCUT2D eigenvalue weighted by Gasteiger charge is -2.04. The first kappa shape index (κ1) is 12.7. The standard InChI is InChI=1S/C11H20N4O/c1-9-10(8-14-15-9)7-13-11(16)5-3-2-4-6-12/h8H,2-7,12H2,1H3,(H,13,16)(H,14,15). The van der Waals surface area contributed by atoms with E-state index in [2.05, 4.69) is 15.5 Å². The van der Waals surface area contributed by atoms with Gasteiger partial charge in [0.1, 0.15) is 0 Å². The van der Waals surface area contributed by atoms with Crippen molar-refractivity contribution in [1.82, 2.24) is 15.5 Å². The fourth-order valence-electron chi connectivity index (χ4n) is 1.44. The topological polar surface area (TPSA) is 83.8 Å². The fraction of sp³-hybridized carbons (Fsp3) is 0.636. The molecule has 0 aliphatic heterocycles. The Morgan fingerprint density at radius 2 is 2.31 bits per heavy atom. The van der Waals surface area contributed by atoms with E-state index in [1.165, 1.54) is 0 Å². The summed E-state index contributed by atoms with van der Waals surface area (Å²) in [5.74, 6) is 0.0950. The van der Waals surface area contributed by atoms with Gasteiger partial charge in [0.2, 0.25) is 5.91 Å². The van der Waals surface area contributed by atoms with Gasteiger partial charge >= 0.3 is 0 Å². The van der Waals surface area contributed by atoms with Gasteiger partial charge in [-0.3, -0.25) is 9.89 Å². The summed E-state index contributed by atoms with van der Waals surface area (Å²) in [6.07, 6.45) is 5.25. The number of aromatic amines is 1. The Hall–Kier alpha value is -1.36. The highest BCUT2D eigenvalue weighted by molar-refractivity contribution is 5.75. The molecule has 0 aromatic carbocycles. The van der Waals surface area contributed by atoms with Crippen LogP contribution in [-0.2, 0) is 11.3 Å². The number of amides is 1. The van der Waals surface area contributed by atoms with Gasteiger partial charge in [-0.25, -0.2) is 0 Å². The Balaban J connectivity index is 2.13. The molecule has 0 radical (unpaired) electrons. The molecule has 4 N–H and O–H groups in total. The van der Waals surface area contributed by atoms with Crippen LogP contribution in [-0.4, -0.2) is 22.6 Å². The molecule has 0 fully saturated rings. The third-order valence-corrected chi connectivity index (χ3v) is 2.52. The van der Waals surface area contributed by atoms with E-state index in [1.54, 1.807) is 6.20 Å². The molecule has 1 heterocycles. The Labute approximate surface area is 95.8 Å². The van der Waals surface area contributed by atoms with Crippen LogP contribution in [0.25, 0.3) is 0 Å². The predicted molar refractivity (Wildman–Crippen MR) is 62.7 cm³/mol. The SMILES string of the molecule is Cc1[nH]ncc1CNC(=O)CCCCCN. The average Bonchev–Trinajstić information content (AvgIpc) is 2.67. The number of carbonyl (C=O) groups is 1. The highest BCUT2D eigenvalue weighted by atomic mass is 16.1. The highest BCUT2D eigenvalue weighted by Gasteiger charge is 2.03. The largest absolute Gasteiger partial charge is 0.352 e. The summed E-state index contributed by atoms with van der Waals surface area (Å²) in [7, 11) is 0. The molecule has 1 amide bonds. The van der Waals surface area contributed by atoms with Gasteiger partial charge in [-0.05, 0) is 26.3 Å². The van der Waals surface area contributed by atoms with Crippen LogP contribution in [0.5, 0.6) is 0 Å². The molecule has 16 heavy (non-hydrogen) atoms. The molecule has 1 aromatic heterocycles. The molecular formula is C11H20N4O. The zero-order chi connectivity index (χ0) is 11.8. The number of nitrogens with one attached hydrogen (secondary N) is 2. The van der Waals surface area contributed by atoms with Crippen molar-refractivity contribution < 1.29 is 4.79 Å². The molecule has 1 aromatic rings. The lowest BCUT2D eigenvalue weighted by Crippen LogP contribution is -2.22. The number of rotatable bonds is 7. The number of nitrogens with two attached hydrogens (primary N) is 1. The van der Waals surface area contributed by atoms with Gasteiger partial charge in [-0.2, -0.15) is 5.10 Å². The Kier molecular flexibility index (Phi) is 5.56. The minimum absolute atomic E-state index is 0.0950. The molecule has 0 aliphatic carbocycles. The van der Waals surface area contributed by atoms with Crippen LogP contribution in [0.3, 0.4) is 0 Å². The minimum Gasteiger partial charge on any atom is -0.352 e. The number of unbranched alkanes of at least 4 members (excludes halogenated alkanes) is 2. The van der Waals surface area contributed by atoms with E-state index in [9.17, 15) is 4.79 Å². The van der Waals surface area contributed by atoms with Crippen LogP contribution < -0.4 is 11.1 Å². The van der Waals surface area contributed by atoms with E-state index in [1.807, 2.05) is 6.92 Å². The van der Waals surface area contributed by atoms with E-state index >= 15 is 0 Å². The number of aryl methyl sites for hydroxylation is 1. The van der Waals surface area contributed by atoms with Crippen molar-refractivity contribution in [2.75, 3.05) is 6.54 Å². The third-order valence-electron chi connectivity index (χ3n) is 2.52. The molecule has 1 rings (SSSR count). The Morgan fingerprint density at radius 3 is 2.94 bits per heavy atom. The summed E-state index contributed by atoms with van der Waals surface area (Å²) >= 11 is 0. The van der Waals surface area contributed by atoms with Crippen LogP contribution in [0.1, 0.15) is 36.9 Å². The summed E-state index contributed by atoms with van der Waals surface area (Å²) in [6, 6.07) is 0. The van der Waals surface area contributed by atoms with Crippen molar-refractivity contribution in [2.45, 2.75) is 39.2 Å². The van der Waals surface area contributed by atoms with E-state index in [0.717, 1.165) is 30.5 Å². The van der Waals surface area contributed by atoms with Gasteiger partial charge in [-0.15, -0.1) is 0 Å². The summed E-state index contributed by atoms with van der Waals surface area (Å²) in [6.45, 7) is 3.20. The van der Waals surface area contributed by atoms with Crippen LogP contribution in [0.2, 0.25) is 0 Å². The smallest absolute Gasteiger partial charge is 0.220 e. The molecule has 5 heteroatoms. The van der Waals surface area contributed by atoms with Crippen LogP contribution in [0.15, 0.2) is 6.20 Å². The monoisotopic (exact) mass is 224 g/mol. The minimum atomic E-state index is 0.0950. The molecule has 0 bridgehead atoms. The van der Waals surface area contributed by atoms with Crippen LogP contribution in [0, 0.1) is 6.92 Å². The second kappa shape index (κ2) is 7.00. The van der Waals surface area contributed by atoms with E-state index in [-0.39, 0.29) is 5.91 Å². The van der Waals surface area contributed by atoms with Gasteiger partial charge < -0.3 is 11.1 Å². The van der Waals surface area contributed by atoms with Crippen LogP contribution >= 0.6 is 0 Å². The highest BCUT2D eigenvalue weighted by Crippen LogP contribution is 2.02. The van der Waals surface area contributed by atoms with Crippen molar-refractivity contribution in [3.05, 3.63) is 17.5 Å². The summed E-state index contributed by atoms with van der Waals surface area (Å²) < 4.78 is 0. The molecule has 5 nitrogen and oxygen atoms in total. The summed E-state index contributed by atoms with van der Waals surface area (Å²) in [5.41, 5.74) is 7.41. The number of H-pyrrole nitrogens is 1. The Bertz CT molecular complexity index is 322. The van der Waals surface area contributed by atoms with Crippen LogP contribution in [0.4, 0.5) is 0 Å². The van der Waals surface area contributed by atoms with Crippen molar-refractivity contribution in [3.63, 3.8) is 0 Å². The lowest BCUT2D eigenvalue weighted by molar-refractivity contribution is -0.121. The second-order valence-corrected chi connectivity index (χ2v) is 3.90. The summed E-state index contributed by atoms with van der Waals surface area (Å²) in [4.78, 5) is 11.4. The molecule has 0 spiro atoms. The molecule has 0 aliphatic rings.